The second kappa shape index (κ2) is 8.02. The molecule has 0 N–H and O–H groups in total. The van der Waals surface area contributed by atoms with Crippen molar-refractivity contribution in [1.29, 1.82) is 0 Å². The van der Waals surface area contributed by atoms with Gasteiger partial charge in [-0.3, -0.25) is 0 Å². The lowest BCUT2D eigenvalue weighted by atomic mass is 10.2. The van der Waals surface area contributed by atoms with Gasteiger partial charge in [-0.2, -0.15) is 4.98 Å². The molecule has 3 aromatic rings. The Kier molecular flexibility index (Phi) is 5.57. The number of anilines is 1. The number of ether oxygens (including phenoxy) is 1. The number of hydrogen-bond donors (Lipinski definition) is 0. The monoisotopic (exact) mass is 450 g/mol. The molecule has 0 unspecified atom stereocenters. The number of morpholine rings is 1. The van der Waals surface area contributed by atoms with Crippen LogP contribution in [0, 0.1) is 5.82 Å². The first-order valence-corrected chi connectivity index (χ1v) is 11.3. The van der Waals surface area contributed by atoms with Gasteiger partial charge in [-0.15, -0.1) is 0 Å². The molecule has 0 bridgehead atoms. The van der Waals surface area contributed by atoms with Gasteiger partial charge in [-0.1, -0.05) is 11.6 Å². The zero-order valence-corrected chi connectivity index (χ0v) is 18.0. The van der Waals surface area contributed by atoms with Crippen molar-refractivity contribution < 1.29 is 22.0 Å². The fourth-order valence-electron chi connectivity index (χ4n) is 3.46. The molecule has 1 saturated heterocycles. The lowest BCUT2D eigenvalue weighted by Gasteiger charge is -2.35. The second-order valence-corrected chi connectivity index (χ2v) is 9.56. The summed E-state index contributed by atoms with van der Waals surface area (Å²) in [6, 6.07) is 11.4. The molecule has 1 fully saturated rings. The van der Waals surface area contributed by atoms with Crippen molar-refractivity contribution >= 4 is 27.3 Å². The molecule has 6 nitrogen and oxygen atoms in total. The molecule has 0 amide bonds. The third-order valence-electron chi connectivity index (χ3n) is 4.76. The Morgan fingerprint density at radius 2 is 1.63 bits per heavy atom. The van der Waals surface area contributed by atoms with Gasteiger partial charge in [0, 0.05) is 23.7 Å². The van der Waals surface area contributed by atoms with E-state index in [0.29, 0.717) is 23.7 Å². The largest absolute Gasteiger partial charge is 0.419 e. The van der Waals surface area contributed by atoms with E-state index in [9.17, 15) is 12.8 Å². The summed E-state index contributed by atoms with van der Waals surface area (Å²) in [5.74, 6) is -0.161. The fraction of sp³-hybridized carbons (Fsp3) is 0.286. The van der Waals surface area contributed by atoms with Gasteiger partial charge in [0.05, 0.1) is 17.1 Å². The summed E-state index contributed by atoms with van der Waals surface area (Å²) in [7, 11) is -3.99. The molecule has 0 spiro atoms. The summed E-state index contributed by atoms with van der Waals surface area (Å²) in [6.45, 7) is 4.72. The molecule has 2 aromatic carbocycles. The predicted molar refractivity (Wildman–Crippen MR) is 111 cm³/mol. The average Bonchev–Trinajstić information content (AvgIpc) is 3.14. The van der Waals surface area contributed by atoms with Crippen LogP contribution in [0.25, 0.3) is 11.5 Å². The van der Waals surface area contributed by atoms with Crippen LogP contribution in [0.2, 0.25) is 5.02 Å². The van der Waals surface area contributed by atoms with Gasteiger partial charge < -0.3 is 14.1 Å². The van der Waals surface area contributed by atoms with Crippen molar-refractivity contribution in [2.24, 2.45) is 0 Å². The van der Waals surface area contributed by atoms with Crippen LogP contribution in [0.3, 0.4) is 0 Å². The number of sulfone groups is 1. The van der Waals surface area contributed by atoms with Crippen LogP contribution in [0.4, 0.5) is 10.3 Å². The number of oxazole rings is 1. The Labute approximate surface area is 179 Å². The van der Waals surface area contributed by atoms with Crippen LogP contribution >= 0.6 is 11.6 Å². The van der Waals surface area contributed by atoms with Crippen molar-refractivity contribution in [3.05, 3.63) is 59.4 Å². The van der Waals surface area contributed by atoms with Crippen molar-refractivity contribution in [3.63, 3.8) is 0 Å². The van der Waals surface area contributed by atoms with Gasteiger partial charge in [0.1, 0.15) is 5.82 Å². The standard InChI is InChI=1S/C21H20ClFN2O4S/c1-13-11-25(12-14(2)28-13)21-20(30(26,27)18-9-5-16(22)6-10-18)24-19(29-21)15-3-7-17(23)8-4-15/h3-10,13-14H,11-12H2,1-2H3/t13-,14+. The van der Waals surface area contributed by atoms with E-state index in [4.69, 9.17) is 20.8 Å². The van der Waals surface area contributed by atoms with Crippen LogP contribution < -0.4 is 4.90 Å². The highest BCUT2D eigenvalue weighted by Gasteiger charge is 2.34. The number of benzene rings is 2. The third-order valence-corrected chi connectivity index (χ3v) is 6.68. The lowest BCUT2D eigenvalue weighted by molar-refractivity contribution is -0.00657. The predicted octanol–water partition coefficient (Wildman–Crippen LogP) is 4.58. The van der Waals surface area contributed by atoms with E-state index in [2.05, 4.69) is 4.98 Å². The highest BCUT2D eigenvalue weighted by Crippen LogP contribution is 2.36. The molecule has 1 aliphatic heterocycles. The Bertz CT molecular complexity index is 1140. The lowest BCUT2D eigenvalue weighted by Crippen LogP contribution is -2.45. The van der Waals surface area contributed by atoms with Gasteiger partial charge in [0.15, 0.2) is 0 Å². The summed E-state index contributed by atoms with van der Waals surface area (Å²) in [5, 5.41) is 0.239. The molecular weight excluding hydrogens is 431 g/mol. The summed E-state index contributed by atoms with van der Waals surface area (Å²) in [6.07, 6.45) is -0.224. The van der Waals surface area contributed by atoms with Gasteiger partial charge in [-0.05, 0) is 62.4 Å². The summed E-state index contributed by atoms with van der Waals surface area (Å²) >= 11 is 5.91. The van der Waals surface area contributed by atoms with Crippen molar-refractivity contribution in [2.45, 2.75) is 36.0 Å². The maximum Gasteiger partial charge on any atom is 0.236 e. The van der Waals surface area contributed by atoms with Crippen LogP contribution in [-0.4, -0.2) is 38.7 Å². The number of halogens is 2. The molecule has 0 saturated carbocycles. The number of rotatable bonds is 4. The van der Waals surface area contributed by atoms with E-state index < -0.39 is 15.7 Å². The van der Waals surface area contributed by atoms with Crippen LogP contribution in [-0.2, 0) is 14.6 Å². The normalized spacial score (nSPS) is 19.8. The van der Waals surface area contributed by atoms with Gasteiger partial charge in [-0.25, -0.2) is 12.8 Å². The Morgan fingerprint density at radius 3 is 2.23 bits per heavy atom. The molecular formula is C21H20ClFN2O4S. The van der Waals surface area contributed by atoms with Gasteiger partial charge in [0.25, 0.3) is 0 Å². The molecule has 0 aliphatic carbocycles. The number of hydrogen-bond acceptors (Lipinski definition) is 6. The van der Waals surface area contributed by atoms with Crippen molar-refractivity contribution in [3.8, 4) is 11.5 Å². The molecule has 0 radical (unpaired) electrons. The minimum Gasteiger partial charge on any atom is -0.419 e. The summed E-state index contributed by atoms with van der Waals surface area (Å²) in [4.78, 5) is 6.19. The fourth-order valence-corrected chi connectivity index (χ4v) is 4.91. The van der Waals surface area contributed by atoms with Crippen molar-refractivity contribution in [2.75, 3.05) is 18.0 Å². The van der Waals surface area contributed by atoms with Gasteiger partial charge in [0.2, 0.25) is 26.6 Å². The van der Waals surface area contributed by atoms with E-state index >= 15 is 0 Å². The minimum absolute atomic E-state index is 0.0569. The first-order valence-electron chi connectivity index (χ1n) is 9.42. The molecule has 9 heteroatoms. The zero-order chi connectivity index (χ0) is 21.5. The zero-order valence-electron chi connectivity index (χ0n) is 16.4. The molecule has 1 aliphatic rings. The SMILES string of the molecule is C[C@@H]1CN(c2oc(-c3ccc(F)cc3)nc2S(=O)(=O)c2ccc(Cl)cc2)C[C@H](C)O1. The van der Waals surface area contributed by atoms with E-state index in [1.165, 1.54) is 48.5 Å². The summed E-state index contributed by atoms with van der Waals surface area (Å²) < 4.78 is 51.8. The molecule has 2 heterocycles. The molecule has 30 heavy (non-hydrogen) atoms. The number of nitrogens with zero attached hydrogens (tertiary/aromatic N) is 2. The first-order chi connectivity index (χ1) is 14.2. The van der Waals surface area contributed by atoms with Crippen molar-refractivity contribution in [1.82, 2.24) is 4.98 Å². The van der Waals surface area contributed by atoms with Crippen LogP contribution in [0.5, 0.6) is 0 Å². The second-order valence-electron chi connectivity index (χ2n) is 7.26. The number of aromatic nitrogens is 1. The maximum absolute atomic E-state index is 13.4. The third kappa shape index (κ3) is 4.08. The molecule has 158 valence electrons. The van der Waals surface area contributed by atoms with Gasteiger partial charge >= 0.3 is 0 Å². The van der Waals surface area contributed by atoms with E-state index in [1.54, 1.807) is 0 Å². The summed E-state index contributed by atoms with van der Waals surface area (Å²) in [5.41, 5.74) is 0.476. The van der Waals surface area contributed by atoms with Crippen LogP contribution in [0.15, 0.2) is 62.9 Å². The Balaban J connectivity index is 1.85. The van der Waals surface area contributed by atoms with E-state index in [-0.39, 0.29) is 33.9 Å². The van der Waals surface area contributed by atoms with Crippen LogP contribution in [0.1, 0.15) is 13.8 Å². The first kappa shape index (κ1) is 20.8. The molecule has 2 atom stereocenters. The average molecular weight is 451 g/mol. The van der Waals surface area contributed by atoms with E-state index in [0.717, 1.165) is 0 Å². The molecule has 1 aromatic heterocycles. The highest BCUT2D eigenvalue weighted by atomic mass is 35.5. The topological polar surface area (TPSA) is 72.6 Å². The Hall–Kier alpha value is -2.42. The van der Waals surface area contributed by atoms with E-state index in [1.807, 2.05) is 18.7 Å². The maximum atomic E-state index is 13.4. The smallest absolute Gasteiger partial charge is 0.236 e. The minimum atomic E-state index is -3.99. The quantitative estimate of drug-likeness (QED) is 0.579. The molecule has 4 rings (SSSR count). The Morgan fingerprint density at radius 1 is 1.03 bits per heavy atom. The highest BCUT2D eigenvalue weighted by molar-refractivity contribution is 7.91.